The van der Waals surface area contributed by atoms with E-state index in [0.29, 0.717) is 6.42 Å². The highest BCUT2D eigenvalue weighted by molar-refractivity contribution is 7.20. The molecule has 0 radical (unpaired) electrons. The number of aliphatic hydroxyl groups is 1. The summed E-state index contributed by atoms with van der Waals surface area (Å²) in [6, 6.07) is 20.6. The van der Waals surface area contributed by atoms with E-state index in [-0.39, 0.29) is 18.5 Å². The van der Waals surface area contributed by atoms with Crippen molar-refractivity contribution in [3.63, 3.8) is 0 Å². The van der Waals surface area contributed by atoms with Gasteiger partial charge in [-0.25, -0.2) is 4.79 Å². The van der Waals surface area contributed by atoms with E-state index >= 15 is 0 Å². The summed E-state index contributed by atoms with van der Waals surface area (Å²) >= 11 is 3.40. The minimum Gasteiger partial charge on any atom is -0.469 e. The van der Waals surface area contributed by atoms with E-state index in [4.69, 9.17) is 5.11 Å². The zero-order chi connectivity index (χ0) is 24.1. The number of esters is 2. The number of aryl methyl sites for hydroxylation is 1. The van der Waals surface area contributed by atoms with Crippen LogP contribution in [-0.4, -0.2) is 37.9 Å². The highest BCUT2D eigenvalue weighted by Gasteiger charge is 2.04. The maximum atomic E-state index is 11.0. The molecule has 0 aliphatic carbocycles. The van der Waals surface area contributed by atoms with Crippen molar-refractivity contribution < 1.29 is 24.2 Å². The van der Waals surface area contributed by atoms with E-state index in [1.165, 1.54) is 45.3 Å². The lowest BCUT2D eigenvalue weighted by Gasteiger charge is -1.95. The number of carbonyl (C=O) groups excluding carboxylic acids is 2. The maximum Gasteiger partial charge on any atom is 0.330 e. The van der Waals surface area contributed by atoms with Crippen LogP contribution in [0, 0.1) is 0 Å². The van der Waals surface area contributed by atoms with Gasteiger partial charge >= 0.3 is 11.9 Å². The molecule has 2 aromatic carbocycles. The third kappa shape index (κ3) is 8.81. The number of carbonyl (C=O) groups is 2. The van der Waals surface area contributed by atoms with Gasteiger partial charge in [-0.15, -0.1) is 22.7 Å². The number of thiophene rings is 2. The second-order valence-electron chi connectivity index (χ2n) is 6.69. The molecule has 0 spiro atoms. The van der Waals surface area contributed by atoms with E-state index in [1.54, 1.807) is 35.7 Å². The molecule has 33 heavy (non-hydrogen) atoms. The minimum absolute atomic E-state index is 0.146. The number of benzene rings is 2. The maximum absolute atomic E-state index is 11.0. The van der Waals surface area contributed by atoms with Crippen molar-refractivity contribution in [1.82, 2.24) is 0 Å². The Morgan fingerprint density at radius 3 is 2.03 bits per heavy atom. The van der Waals surface area contributed by atoms with Crippen LogP contribution < -0.4 is 0 Å². The molecule has 0 aliphatic rings. The highest BCUT2D eigenvalue weighted by atomic mass is 32.1. The molecule has 4 rings (SSSR count). The van der Waals surface area contributed by atoms with Crippen LogP contribution in [0.1, 0.15) is 23.1 Å². The largest absolute Gasteiger partial charge is 0.469 e. The van der Waals surface area contributed by atoms with E-state index in [1.807, 2.05) is 24.3 Å². The fourth-order valence-electron chi connectivity index (χ4n) is 2.79. The second-order valence-corrected chi connectivity index (χ2v) is 8.97. The van der Waals surface area contributed by atoms with Crippen molar-refractivity contribution in [2.24, 2.45) is 0 Å². The van der Waals surface area contributed by atoms with Crippen molar-refractivity contribution in [1.29, 1.82) is 0 Å². The fraction of sp³-hybridized carbons (Fsp3) is 0.231. The Morgan fingerprint density at radius 1 is 0.909 bits per heavy atom. The van der Waals surface area contributed by atoms with Crippen molar-refractivity contribution in [2.45, 2.75) is 19.8 Å². The molecule has 1 N–H and O–H groups in total. The molecule has 0 aliphatic heterocycles. The average Bonchev–Trinajstić information content (AvgIpc) is 3.45. The summed E-state index contributed by atoms with van der Waals surface area (Å²) in [5.41, 5.74) is 0. The van der Waals surface area contributed by atoms with Crippen LogP contribution >= 0.6 is 22.7 Å². The summed E-state index contributed by atoms with van der Waals surface area (Å²) < 4.78 is 11.6. The lowest BCUT2D eigenvalue weighted by molar-refractivity contribution is -0.140. The molecule has 0 fully saturated rings. The van der Waals surface area contributed by atoms with Gasteiger partial charge in [-0.05, 0) is 54.5 Å². The quantitative estimate of drug-likeness (QED) is 0.274. The fourth-order valence-corrected chi connectivity index (χ4v) is 4.82. The Balaban J connectivity index is 0.000000209. The van der Waals surface area contributed by atoms with Crippen LogP contribution in [0.3, 0.4) is 0 Å². The summed E-state index contributed by atoms with van der Waals surface area (Å²) in [5, 5.41) is 10.0. The van der Waals surface area contributed by atoms with Gasteiger partial charge in [0.25, 0.3) is 0 Å². The van der Waals surface area contributed by atoms with Gasteiger partial charge in [0.2, 0.25) is 0 Å². The number of ether oxygens (including phenoxy) is 2. The number of aliphatic hydroxyl groups excluding tert-OH is 1. The summed E-state index contributed by atoms with van der Waals surface area (Å²) in [5.74, 6) is -0.472. The third-order valence-electron chi connectivity index (χ3n) is 4.31. The topological polar surface area (TPSA) is 72.8 Å². The molecular weight excluding hydrogens is 456 g/mol. The zero-order valence-electron chi connectivity index (χ0n) is 18.9. The summed E-state index contributed by atoms with van der Waals surface area (Å²) in [6.07, 6.45) is 4.44. The van der Waals surface area contributed by atoms with E-state index in [2.05, 4.69) is 45.9 Å². The Hall–Kier alpha value is -3.00. The van der Waals surface area contributed by atoms with Crippen LogP contribution in [0.4, 0.5) is 0 Å². The molecule has 0 atom stereocenters. The lowest BCUT2D eigenvalue weighted by atomic mass is 10.2. The van der Waals surface area contributed by atoms with Gasteiger partial charge in [-0.1, -0.05) is 36.4 Å². The van der Waals surface area contributed by atoms with E-state index < -0.39 is 0 Å². The van der Waals surface area contributed by atoms with Gasteiger partial charge < -0.3 is 14.6 Å². The normalized spacial score (nSPS) is 10.3. The molecule has 0 amide bonds. The predicted molar refractivity (Wildman–Crippen MR) is 138 cm³/mol. The molecular formula is C26H28O5S2. The smallest absolute Gasteiger partial charge is 0.330 e. The van der Waals surface area contributed by atoms with Crippen LogP contribution in [-0.2, 0) is 25.5 Å². The standard InChI is InChI=1S/C12H12O2S.C12H10O2S.C2H6O/c2*1-14-12(13)7-6-10-8-9-4-2-3-5-11(9)15-10;1-2-3/h2-5,8H,6-7H2,1H3;2-8H,1H3;3H,2H2,1H3/b;7-6+;. The zero-order valence-corrected chi connectivity index (χ0v) is 20.6. The van der Waals surface area contributed by atoms with E-state index in [9.17, 15) is 9.59 Å². The molecule has 4 aromatic rings. The SMILES string of the molecule is CCO.COC(=O)/C=C/c1cc2ccccc2s1.COC(=O)CCc1cc2ccccc2s1. The molecule has 7 heteroatoms. The second kappa shape index (κ2) is 14.2. The molecule has 0 saturated carbocycles. The molecule has 2 heterocycles. The molecule has 5 nitrogen and oxygen atoms in total. The Labute approximate surface area is 201 Å². The molecule has 0 bridgehead atoms. The van der Waals surface area contributed by atoms with Crippen LogP contribution in [0.15, 0.2) is 66.7 Å². The molecule has 0 saturated heterocycles. The first-order valence-corrected chi connectivity index (χ1v) is 12.0. The molecule has 2 aromatic heterocycles. The van der Waals surface area contributed by atoms with Gasteiger partial charge in [0, 0.05) is 31.8 Å². The highest BCUT2D eigenvalue weighted by Crippen LogP contribution is 2.27. The number of methoxy groups -OCH3 is 2. The third-order valence-corrected chi connectivity index (χ3v) is 6.57. The summed E-state index contributed by atoms with van der Waals surface area (Å²) in [4.78, 5) is 24.2. The van der Waals surface area contributed by atoms with Crippen molar-refractivity contribution in [3.05, 3.63) is 76.5 Å². The Bertz CT molecular complexity index is 1120. The van der Waals surface area contributed by atoms with Crippen molar-refractivity contribution >= 4 is 60.9 Å². The first-order chi connectivity index (χ1) is 16.0. The first kappa shape index (κ1) is 26.3. The Morgan fingerprint density at radius 2 is 1.48 bits per heavy atom. The Kier molecular flexibility index (Phi) is 11.3. The van der Waals surface area contributed by atoms with Gasteiger partial charge in [0.15, 0.2) is 0 Å². The minimum atomic E-state index is -0.326. The predicted octanol–water partition coefficient (Wildman–Crippen LogP) is 6.09. The lowest BCUT2D eigenvalue weighted by Crippen LogP contribution is -2.00. The number of hydrogen-bond donors (Lipinski definition) is 1. The molecule has 174 valence electrons. The van der Waals surface area contributed by atoms with Crippen LogP contribution in [0.5, 0.6) is 0 Å². The average molecular weight is 485 g/mol. The monoisotopic (exact) mass is 484 g/mol. The van der Waals surface area contributed by atoms with Gasteiger partial charge in [0.05, 0.1) is 20.6 Å². The summed E-state index contributed by atoms with van der Waals surface area (Å²) in [7, 11) is 2.80. The number of hydrogen-bond acceptors (Lipinski definition) is 7. The number of rotatable bonds is 5. The number of fused-ring (bicyclic) bond motifs is 2. The van der Waals surface area contributed by atoms with Gasteiger partial charge in [0.1, 0.15) is 0 Å². The van der Waals surface area contributed by atoms with Crippen molar-refractivity contribution in [2.75, 3.05) is 20.8 Å². The van der Waals surface area contributed by atoms with E-state index in [0.717, 1.165) is 11.3 Å². The first-order valence-electron chi connectivity index (χ1n) is 10.4. The summed E-state index contributed by atoms with van der Waals surface area (Å²) in [6.45, 7) is 1.93. The van der Waals surface area contributed by atoms with Gasteiger partial charge in [-0.3, -0.25) is 4.79 Å². The van der Waals surface area contributed by atoms with Gasteiger partial charge in [-0.2, -0.15) is 0 Å². The van der Waals surface area contributed by atoms with Crippen LogP contribution in [0.2, 0.25) is 0 Å². The molecule has 0 unspecified atom stereocenters. The van der Waals surface area contributed by atoms with Crippen LogP contribution in [0.25, 0.3) is 26.2 Å². The van der Waals surface area contributed by atoms with Crippen molar-refractivity contribution in [3.8, 4) is 0 Å².